The zero-order valence-electron chi connectivity index (χ0n) is 18.9. The van der Waals surface area contributed by atoms with E-state index in [9.17, 15) is 0 Å². The summed E-state index contributed by atoms with van der Waals surface area (Å²) >= 11 is 0. The quantitative estimate of drug-likeness (QED) is 0.437. The van der Waals surface area contributed by atoms with Crippen molar-refractivity contribution in [2.24, 2.45) is 0 Å². The number of benzene rings is 2. The Hall–Kier alpha value is -2.44. The van der Waals surface area contributed by atoms with Gasteiger partial charge in [0.15, 0.2) is 23.0 Å². The Balaban J connectivity index is 2.21. The Morgan fingerprint density at radius 2 is 0.933 bits per heavy atom. The van der Waals surface area contributed by atoms with Crippen molar-refractivity contribution in [1.82, 2.24) is 0 Å². The molecule has 0 N–H and O–H groups in total. The van der Waals surface area contributed by atoms with Crippen LogP contribution in [-0.2, 0) is 9.47 Å². The maximum atomic E-state index is 6.05. The van der Waals surface area contributed by atoms with Gasteiger partial charge in [-0.1, -0.05) is 12.1 Å². The lowest BCUT2D eigenvalue weighted by molar-refractivity contribution is 0.0180. The molecule has 0 radical (unpaired) electrons. The fourth-order valence-corrected chi connectivity index (χ4v) is 3.50. The SMILES string of the molecule is CCOC(CCC(OCC)c1ccc(OC)c(OC)c1)c1ccc(OC)c(OC)c1. The van der Waals surface area contributed by atoms with E-state index in [0.29, 0.717) is 36.2 Å². The van der Waals surface area contributed by atoms with E-state index >= 15 is 0 Å². The average Bonchev–Trinajstić information content (AvgIpc) is 2.79. The minimum absolute atomic E-state index is 0.0714. The molecule has 2 aromatic carbocycles. The van der Waals surface area contributed by atoms with Crippen LogP contribution >= 0.6 is 0 Å². The van der Waals surface area contributed by atoms with E-state index in [1.165, 1.54) is 0 Å². The van der Waals surface area contributed by atoms with E-state index in [-0.39, 0.29) is 12.2 Å². The predicted molar refractivity (Wildman–Crippen MR) is 117 cm³/mol. The van der Waals surface area contributed by atoms with Gasteiger partial charge in [0, 0.05) is 13.2 Å². The van der Waals surface area contributed by atoms with Crippen molar-refractivity contribution in [3.05, 3.63) is 47.5 Å². The second-order valence-corrected chi connectivity index (χ2v) is 6.69. The molecule has 0 spiro atoms. The van der Waals surface area contributed by atoms with Crippen LogP contribution in [0, 0.1) is 0 Å². The summed E-state index contributed by atoms with van der Waals surface area (Å²) in [6.45, 7) is 5.24. The van der Waals surface area contributed by atoms with Crippen LogP contribution in [-0.4, -0.2) is 41.7 Å². The zero-order valence-corrected chi connectivity index (χ0v) is 18.9. The smallest absolute Gasteiger partial charge is 0.161 e. The van der Waals surface area contributed by atoms with Crippen LogP contribution < -0.4 is 18.9 Å². The summed E-state index contributed by atoms with van der Waals surface area (Å²) in [5, 5.41) is 0. The maximum absolute atomic E-state index is 6.05. The molecule has 0 saturated heterocycles. The lowest BCUT2D eigenvalue weighted by Gasteiger charge is -2.23. The highest BCUT2D eigenvalue weighted by Gasteiger charge is 2.20. The van der Waals surface area contributed by atoms with Gasteiger partial charge in [0.25, 0.3) is 0 Å². The van der Waals surface area contributed by atoms with Crippen molar-refractivity contribution in [1.29, 1.82) is 0 Å². The summed E-state index contributed by atoms with van der Waals surface area (Å²) < 4.78 is 33.7. The van der Waals surface area contributed by atoms with Crippen LogP contribution in [0.2, 0.25) is 0 Å². The van der Waals surface area contributed by atoms with Gasteiger partial charge in [-0.05, 0) is 62.1 Å². The molecule has 0 aliphatic heterocycles. The van der Waals surface area contributed by atoms with Crippen LogP contribution in [0.5, 0.6) is 23.0 Å². The molecule has 0 fully saturated rings. The molecule has 166 valence electrons. The van der Waals surface area contributed by atoms with Gasteiger partial charge in [-0.15, -0.1) is 0 Å². The Morgan fingerprint density at radius 3 is 1.23 bits per heavy atom. The Morgan fingerprint density at radius 1 is 0.567 bits per heavy atom. The molecule has 2 unspecified atom stereocenters. The summed E-state index contributed by atoms with van der Waals surface area (Å²) in [5.74, 6) is 2.80. The molecule has 0 aliphatic rings. The largest absolute Gasteiger partial charge is 0.493 e. The van der Waals surface area contributed by atoms with Crippen LogP contribution in [0.25, 0.3) is 0 Å². The highest BCUT2D eigenvalue weighted by molar-refractivity contribution is 5.44. The van der Waals surface area contributed by atoms with E-state index in [0.717, 1.165) is 24.0 Å². The molecule has 2 atom stereocenters. The highest BCUT2D eigenvalue weighted by Crippen LogP contribution is 2.37. The molecular formula is C24H34O6. The fraction of sp³-hybridized carbons (Fsp3) is 0.500. The van der Waals surface area contributed by atoms with Gasteiger partial charge in [0.05, 0.1) is 40.6 Å². The zero-order chi connectivity index (χ0) is 21.9. The van der Waals surface area contributed by atoms with Crippen molar-refractivity contribution < 1.29 is 28.4 Å². The fourth-order valence-electron chi connectivity index (χ4n) is 3.50. The first-order valence-corrected chi connectivity index (χ1v) is 10.3. The normalized spacial score (nSPS) is 12.9. The van der Waals surface area contributed by atoms with Crippen molar-refractivity contribution in [2.75, 3.05) is 41.7 Å². The topological polar surface area (TPSA) is 55.4 Å². The minimum Gasteiger partial charge on any atom is -0.493 e. The van der Waals surface area contributed by atoms with Crippen molar-refractivity contribution >= 4 is 0 Å². The summed E-state index contributed by atoms with van der Waals surface area (Å²) in [5.41, 5.74) is 2.11. The van der Waals surface area contributed by atoms with E-state index in [2.05, 4.69) is 0 Å². The van der Waals surface area contributed by atoms with Gasteiger partial charge in [0.2, 0.25) is 0 Å². The first-order chi connectivity index (χ1) is 14.6. The molecule has 2 rings (SSSR count). The molecule has 0 aromatic heterocycles. The standard InChI is InChI=1S/C24H34O6/c1-7-29-19(17-9-11-21(25-3)23(15-17)27-5)13-14-20(30-8-2)18-10-12-22(26-4)24(16-18)28-6/h9-12,15-16,19-20H,7-8,13-14H2,1-6H3. The van der Waals surface area contributed by atoms with E-state index in [1.807, 2.05) is 50.2 Å². The number of methoxy groups -OCH3 is 4. The molecule has 0 bridgehead atoms. The predicted octanol–water partition coefficient (Wildman–Crippen LogP) is 5.36. The third-order valence-corrected chi connectivity index (χ3v) is 4.99. The highest BCUT2D eigenvalue weighted by atomic mass is 16.5. The maximum Gasteiger partial charge on any atom is 0.161 e. The first kappa shape index (κ1) is 23.8. The lowest BCUT2D eigenvalue weighted by Crippen LogP contribution is -2.10. The summed E-state index contributed by atoms with van der Waals surface area (Å²) in [4.78, 5) is 0. The van der Waals surface area contributed by atoms with Gasteiger partial charge in [-0.25, -0.2) is 0 Å². The first-order valence-electron chi connectivity index (χ1n) is 10.3. The Bertz CT molecular complexity index is 711. The third kappa shape index (κ3) is 6.03. The molecule has 0 saturated carbocycles. The van der Waals surface area contributed by atoms with Crippen molar-refractivity contribution in [3.63, 3.8) is 0 Å². The van der Waals surface area contributed by atoms with Gasteiger partial charge in [0.1, 0.15) is 0 Å². The lowest BCUT2D eigenvalue weighted by atomic mass is 9.98. The third-order valence-electron chi connectivity index (χ3n) is 4.99. The molecule has 6 heteroatoms. The number of rotatable bonds is 13. The van der Waals surface area contributed by atoms with E-state index in [4.69, 9.17) is 28.4 Å². The molecule has 0 amide bonds. The Kier molecular flexibility index (Phi) is 9.77. The van der Waals surface area contributed by atoms with Crippen molar-refractivity contribution in [3.8, 4) is 23.0 Å². The monoisotopic (exact) mass is 418 g/mol. The van der Waals surface area contributed by atoms with E-state index in [1.54, 1.807) is 28.4 Å². The van der Waals surface area contributed by atoms with Gasteiger partial charge in [-0.3, -0.25) is 0 Å². The molecule has 2 aromatic rings. The van der Waals surface area contributed by atoms with Crippen LogP contribution in [0.3, 0.4) is 0 Å². The summed E-state index contributed by atoms with van der Waals surface area (Å²) in [6, 6.07) is 11.8. The molecule has 0 aliphatic carbocycles. The van der Waals surface area contributed by atoms with Crippen LogP contribution in [0.1, 0.15) is 50.0 Å². The summed E-state index contributed by atoms with van der Waals surface area (Å²) in [6.07, 6.45) is 1.45. The van der Waals surface area contributed by atoms with Gasteiger partial charge >= 0.3 is 0 Å². The number of ether oxygens (including phenoxy) is 6. The molecule has 30 heavy (non-hydrogen) atoms. The molecule has 6 nitrogen and oxygen atoms in total. The summed E-state index contributed by atoms with van der Waals surface area (Å²) in [7, 11) is 6.54. The molecule has 0 heterocycles. The second-order valence-electron chi connectivity index (χ2n) is 6.69. The van der Waals surface area contributed by atoms with Crippen molar-refractivity contribution in [2.45, 2.75) is 38.9 Å². The van der Waals surface area contributed by atoms with Crippen LogP contribution in [0.15, 0.2) is 36.4 Å². The average molecular weight is 419 g/mol. The molecular weight excluding hydrogens is 384 g/mol. The Labute approximate surface area is 180 Å². The number of hydrogen-bond acceptors (Lipinski definition) is 6. The second kappa shape index (κ2) is 12.3. The van der Waals surface area contributed by atoms with Gasteiger partial charge < -0.3 is 28.4 Å². The number of hydrogen-bond donors (Lipinski definition) is 0. The van der Waals surface area contributed by atoms with Crippen LogP contribution in [0.4, 0.5) is 0 Å². The van der Waals surface area contributed by atoms with E-state index < -0.39 is 0 Å². The minimum atomic E-state index is -0.0714. The van der Waals surface area contributed by atoms with Gasteiger partial charge in [-0.2, -0.15) is 0 Å².